The largest absolute Gasteiger partial charge is 0.331 e. The number of halogens is 2. The zero-order valence-corrected chi connectivity index (χ0v) is 26.8. The zero-order chi connectivity index (χ0) is 30.3. The first kappa shape index (κ1) is 32.2. The van der Waals surface area contributed by atoms with Crippen molar-refractivity contribution in [3.8, 4) is 0 Å². The van der Waals surface area contributed by atoms with Crippen LogP contribution in [0.2, 0.25) is 10.0 Å². The lowest BCUT2D eigenvalue weighted by atomic mass is 9.84. The first-order chi connectivity index (χ1) is 20.0. The highest BCUT2D eigenvalue weighted by Gasteiger charge is 2.46. The van der Waals surface area contributed by atoms with Crippen molar-refractivity contribution in [3.05, 3.63) is 101 Å². The number of anilines is 1. The summed E-state index contributed by atoms with van der Waals surface area (Å²) >= 11 is 11.7. The Hall–Kier alpha value is -2.67. The number of carbonyl (C=O) groups is 2. The number of nitrogens with one attached hydrogen (secondary N) is 1. The molecule has 0 aromatic heterocycles. The van der Waals surface area contributed by atoms with Crippen LogP contribution in [0.3, 0.4) is 0 Å². The summed E-state index contributed by atoms with van der Waals surface area (Å²) in [5, 5.41) is 4.37. The minimum absolute atomic E-state index is 0.00206. The highest BCUT2D eigenvalue weighted by Crippen LogP contribution is 2.44. The van der Waals surface area contributed by atoms with Gasteiger partial charge in [0.25, 0.3) is 0 Å². The average molecular weight is 628 g/mol. The van der Waals surface area contributed by atoms with E-state index in [1.165, 1.54) is 0 Å². The third kappa shape index (κ3) is 9.16. The molecule has 2 fully saturated rings. The van der Waals surface area contributed by atoms with E-state index in [-0.39, 0.29) is 41.0 Å². The summed E-state index contributed by atoms with van der Waals surface area (Å²) in [6, 6.07) is 26.3. The number of nitrogens with zero attached hydrogens (tertiary/aromatic N) is 1. The van der Waals surface area contributed by atoms with Gasteiger partial charge in [-0.2, -0.15) is 0 Å². The molecule has 42 heavy (non-hydrogen) atoms. The van der Waals surface area contributed by atoms with E-state index in [0.29, 0.717) is 23.1 Å². The Balaban J connectivity index is 0.000000507. The van der Waals surface area contributed by atoms with Crippen molar-refractivity contribution in [2.75, 3.05) is 11.1 Å². The van der Waals surface area contributed by atoms with Gasteiger partial charge >= 0.3 is 0 Å². The number of para-hydroxylation sites is 1. The van der Waals surface area contributed by atoms with E-state index in [1.807, 2.05) is 111 Å². The van der Waals surface area contributed by atoms with Crippen LogP contribution in [-0.4, -0.2) is 37.5 Å². The van der Waals surface area contributed by atoms with Gasteiger partial charge in [-0.25, -0.2) is 0 Å². The van der Waals surface area contributed by atoms with Crippen molar-refractivity contribution >= 4 is 51.5 Å². The number of amides is 2. The number of likely N-dealkylation sites (tertiary alicyclic amines) is 1. The predicted molar refractivity (Wildman–Crippen MR) is 174 cm³/mol. The molecular weight excluding hydrogens is 587 g/mol. The SMILES string of the molecule is CC(C)(C)S(=O)CC(C1CC1)N1C(=O)C(CC(=O)Nc2ccccc2)CCC1c1ccc(Cl)cc1.Clc1ccccc1. The van der Waals surface area contributed by atoms with Gasteiger partial charge in [0.05, 0.1) is 6.04 Å². The molecule has 0 spiro atoms. The first-order valence-electron chi connectivity index (χ1n) is 14.5. The van der Waals surface area contributed by atoms with Gasteiger partial charge in [0.1, 0.15) is 0 Å². The summed E-state index contributed by atoms with van der Waals surface area (Å²) in [6.45, 7) is 5.95. The second-order valence-corrected chi connectivity index (χ2v) is 15.2. The van der Waals surface area contributed by atoms with Crippen molar-refractivity contribution in [2.45, 2.75) is 69.7 Å². The number of hydrogen-bond donors (Lipinski definition) is 1. The third-order valence-electron chi connectivity index (χ3n) is 7.73. The minimum atomic E-state index is -1.08. The maximum Gasteiger partial charge on any atom is 0.227 e. The number of piperidine rings is 1. The maximum atomic E-state index is 14.0. The Morgan fingerprint density at radius 3 is 1.98 bits per heavy atom. The van der Waals surface area contributed by atoms with Gasteiger partial charge in [-0.05, 0) is 94.3 Å². The van der Waals surface area contributed by atoms with Crippen molar-refractivity contribution in [1.29, 1.82) is 0 Å². The second-order valence-electron chi connectivity index (χ2n) is 12.0. The lowest BCUT2D eigenvalue weighted by molar-refractivity contribution is -0.147. The molecule has 2 amide bonds. The molecule has 8 heteroatoms. The molecule has 224 valence electrons. The zero-order valence-electron chi connectivity index (χ0n) is 24.5. The molecule has 1 heterocycles. The molecule has 1 saturated heterocycles. The quantitative estimate of drug-likeness (QED) is 0.273. The van der Waals surface area contributed by atoms with Crippen molar-refractivity contribution in [3.63, 3.8) is 0 Å². The van der Waals surface area contributed by atoms with Crippen LogP contribution >= 0.6 is 23.2 Å². The number of hydrogen-bond acceptors (Lipinski definition) is 3. The van der Waals surface area contributed by atoms with Crippen LogP contribution in [0.5, 0.6) is 0 Å². The van der Waals surface area contributed by atoms with Crippen LogP contribution in [0, 0.1) is 11.8 Å². The summed E-state index contributed by atoms with van der Waals surface area (Å²) in [5.74, 6) is 0.291. The number of benzene rings is 3. The van der Waals surface area contributed by atoms with Crippen LogP contribution < -0.4 is 5.32 Å². The standard InChI is InChI=1S/C28H35ClN2O3S.C6H5Cl/c1-28(2,3)35(34)18-25(20-9-10-20)31-24(19-11-14-22(29)15-12-19)16-13-21(27(31)33)17-26(32)30-23-7-5-4-6-8-23;7-6-4-2-1-3-5-6/h4-8,11-12,14-15,20-21,24-25H,9-10,13,16-18H2,1-3H3,(H,30,32);1-5H. The molecule has 5 nitrogen and oxygen atoms in total. The minimum Gasteiger partial charge on any atom is -0.331 e. The van der Waals surface area contributed by atoms with Crippen molar-refractivity contribution in [2.24, 2.45) is 11.8 Å². The fourth-order valence-corrected chi connectivity index (χ4v) is 6.80. The third-order valence-corrected chi connectivity index (χ3v) is 10.2. The van der Waals surface area contributed by atoms with E-state index in [2.05, 4.69) is 5.32 Å². The molecule has 1 aliphatic heterocycles. The van der Waals surface area contributed by atoms with E-state index in [0.717, 1.165) is 35.5 Å². The smallest absolute Gasteiger partial charge is 0.227 e. The Morgan fingerprint density at radius 2 is 1.45 bits per heavy atom. The molecule has 4 unspecified atom stereocenters. The lowest BCUT2D eigenvalue weighted by Gasteiger charge is -2.45. The molecule has 3 aromatic carbocycles. The number of rotatable bonds is 8. The first-order valence-corrected chi connectivity index (χ1v) is 16.6. The summed E-state index contributed by atoms with van der Waals surface area (Å²) in [4.78, 5) is 28.8. The van der Waals surface area contributed by atoms with E-state index in [1.54, 1.807) is 0 Å². The van der Waals surface area contributed by atoms with Crippen molar-refractivity contribution in [1.82, 2.24) is 4.90 Å². The van der Waals surface area contributed by atoms with Gasteiger partial charge in [0, 0.05) is 55.4 Å². The number of carbonyl (C=O) groups excluding carboxylic acids is 2. The maximum absolute atomic E-state index is 14.0. The van der Waals surface area contributed by atoms with Crippen LogP contribution in [0.4, 0.5) is 5.69 Å². The Bertz CT molecular complexity index is 1340. The highest BCUT2D eigenvalue weighted by atomic mass is 35.5. The predicted octanol–water partition coefficient (Wildman–Crippen LogP) is 8.31. The topological polar surface area (TPSA) is 66.5 Å². The fourth-order valence-electron chi connectivity index (χ4n) is 5.28. The molecule has 5 rings (SSSR count). The van der Waals surface area contributed by atoms with E-state index in [4.69, 9.17) is 23.2 Å². The molecule has 0 radical (unpaired) electrons. The second kappa shape index (κ2) is 14.7. The lowest BCUT2D eigenvalue weighted by Crippen LogP contribution is -2.53. The fraction of sp³-hybridized carbons (Fsp3) is 0.412. The van der Waals surface area contributed by atoms with Crippen LogP contribution in [-0.2, 0) is 20.4 Å². The summed E-state index contributed by atoms with van der Waals surface area (Å²) in [7, 11) is -1.08. The molecule has 1 saturated carbocycles. The molecule has 1 aliphatic carbocycles. The van der Waals surface area contributed by atoms with Gasteiger partial charge in [-0.3, -0.25) is 13.8 Å². The summed E-state index contributed by atoms with van der Waals surface area (Å²) in [5.41, 5.74) is 1.77. The molecule has 0 bridgehead atoms. The van der Waals surface area contributed by atoms with Gasteiger partial charge in [0.2, 0.25) is 11.8 Å². The summed E-state index contributed by atoms with van der Waals surface area (Å²) in [6.07, 6.45) is 3.65. The monoisotopic (exact) mass is 626 g/mol. The Morgan fingerprint density at radius 1 is 0.881 bits per heavy atom. The van der Waals surface area contributed by atoms with Gasteiger partial charge < -0.3 is 10.2 Å². The molecule has 4 atom stereocenters. The van der Waals surface area contributed by atoms with E-state index >= 15 is 0 Å². The Kier molecular flexibility index (Phi) is 11.3. The van der Waals surface area contributed by atoms with Gasteiger partial charge in [0.15, 0.2) is 0 Å². The van der Waals surface area contributed by atoms with Crippen LogP contribution in [0.15, 0.2) is 84.9 Å². The van der Waals surface area contributed by atoms with E-state index < -0.39 is 10.8 Å². The highest BCUT2D eigenvalue weighted by molar-refractivity contribution is 7.86. The van der Waals surface area contributed by atoms with E-state index in [9.17, 15) is 13.8 Å². The van der Waals surface area contributed by atoms with Gasteiger partial charge in [-0.1, -0.05) is 71.7 Å². The molecule has 1 N–H and O–H groups in total. The van der Waals surface area contributed by atoms with Crippen LogP contribution in [0.25, 0.3) is 0 Å². The average Bonchev–Trinajstić information content (AvgIpc) is 3.80. The van der Waals surface area contributed by atoms with Crippen molar-refractivity contribution < 1.29 is 13.8 Å². The molecular formula is C34H40Cl2N2O3S. The summed E-state index contributed by atoms with van der Waals surface area (Å²) < 4.78 is 12.8. The molecule has 3 aromatic rings. The van der Waals surface area contributed by atoms with Gasteiger partial charge in [-0.15, -0.1) is 0 Å². The Labute approximate surface area is 262 Å². The van der Waals surface area contributed by atoms with Crippen LogP contribution in [0.1, 0.15) is 64.5 Å². The molecule has 2 aliphatic rings. The normalized spacial score (nSPS) is 20.2.